The number of benzene rings is 1. The van der Waals surface area contributed by atoms with Crippen molar-refractivity contribution in [3.63, 3.8) is 0 Å². The van der Waals surface area contributed by atoms with E-state index in [0.717, 1.165) is 11.8 Å². The summed E-state index contributed by atoms with van der Waals surface area (Å²) >= 11 is 1.27. The fraction of sp³-hybridized carbons (Fsp3) is 0.231. The van der Waals surface area contributed by atoms with Gasteiger partial charge in [0.1, 0.15) is 11.6 Å². The average molecular weight is 295 g/mol. The van der Waals surface area contributed by atoms with E-state index in [4.69, 9.17) is 5.11 Å². The van der Waals surface area contributed by atoms with Gasteiger partial charge >= 0.3 is 0 Å². The second-order valence-electron chi connectivity index (χ2n) is 4.21. The van der Waals surface area contributed by atoms with Crippen LogP contribution in [0.3, 0.4) is 0 Å². The van der Waals surface area contributed by atoms with Crippen molar-refractivity contribution in [3.05, 3.63) is 40.7 Å². The Bertz CT molecular complexity index is 630. The molecule has 0 spiro atoms. The summed E-state index contributed by atoms with van der Waals surface area (Å²) in [4.78, 5) is 16.2. The Morgan fingerprint density at radius 1 is 1.50 bits per heavy atom. The molecule has 0 aliphatic heterocycles. The lowest BCUT2D eigenvalue weighted by atomic mass is 10.2. The Labute approximate surface area is 119 Å². The number of halogens is 1. The van der Waals surface area contributed by atoms with E-state index >= 15 is 0 Å². The molecule has 0 bridgehead atoms. The summed E-state index contributed by atoms with van der Waals surface area (Å²) in [5, 5.41) is 16.9. The van der Waals surface area contributed by atoms with Gasteiger partial charge in [-0.05, 0) is 26.1 Å². The van der Waals surface area contributed by atoms with Crippen LogP contribution >= 0.6 is 11.3 Å². The Morgan fingerprint density at radius 2 is 2.25 bits per heavy atom. The van der Waals surface area contributed by atoms with Gasteiger partial charge in [0.05, 0.1) is 11.3 Å². The maximum absolute atomic E-state index is 13.5. The van der Waals surface area contributed by atoms with Gasteiger partial charge in [-0.3, -0.25) is 10.1 Å². The maximum atomic E-state index is 13.5. The van der Waals surface area contributed by atoms with Gasteiger partial charge in [-0.2, -0.15) is 0 Å². The van der Waals surface area contributed by atoms with E-state index in [9.17, 15) is 9.18 Å². The Morgan fingerprint density at radius 3 is 2.90 bits per heavy atom. The van der Waals surface area contributed by atoms with Crippen molar-refractivity contribution < 1.29 is 14.3 Å². The smallest absolute Gasteiger partial charge is 0.260 e. The summed E-state index contributed by atoms with van der Waals surface area (Å²) in [6.45, 7) is 1.94. The zero-order valence-electron chi connectivity index (χ0n) is 11.0. The molecule has 1 amide bonds. The van der Waals surface area contributed by atoms with Crippen LogP contribution in [-0.2, 0) is 0 Å². The van der Waals surface area contributed by atoms with Crippen LogP contribution in [0.15, 0.2) is 23.6 Å². The van der Waals surface area contributed by atoms with Crippen LogP contribution in [0, 0.1) is 5.82 Å². The highest BCUT2D eigenvalue weighted by molar-refractivity contribution is 7.14. The molecule has 0 aliphatic carbocycles. The van der Waals surface area contributed by atoms with Crippen LogP contribution in [0.2, 0.25) is 0 Å². The molecule has 5 nitrogen and oxygen atoms in total. The molecule has 1 aromatic heterocycles. The van der Waals surface area contributed by atoms with E-state index in [1.165, 1.54) is 23.5 Å². The third-order valence-corrected chi connectivity index (χ3v) is 3.59. The first-order valence-corrected chi connectivity index (χ1v) is 6.81. The second kappa shape index (κ2) is 5.98. The van der Waals surface area contributed by atoms with Crippen molar-refractivity contribution in [2.45, 2.75) is 13.0 Å². The lowest BCUT2D eigenvalue weighted by molar-refractivity contribution is 0.102. The molecule has 2 aromatic rings. The van der Waals surface area contributed by atoms with Crippen LogP contribution < -0.4 is 10.6 Å². The topological polar surface area (TPSA) is 74.2 Å². The van der Waals surface area contributed by atoms with Crippen molar-refractivity contribution >= 4 is 22.4 Å². The van der Waals surface area contributed by atoms with E-state index in [0.29, 0.717) is 5.13 Å². The average Bonchev–Trinajstić information content (AvgIpc) is 2.86. The number of nitrogens with zero attached hydrogens (tertiary/aromatic N) is 1. The Balaban J connectivity index is 2.13. The number of thiazole rings is 1. The molecule has 0 fully saturated rings. The lowest BCUT2D eigenvalue weighted by Gasteiger charge is -2.05. The molecule has 106 valence electrons. The van der Waals surface area contributed by atoms with Gasteiger partial charge in [-0.1, -0.05) is 0 Å². The van der Waals surface area contributed by atoms with Gasteiger partial charge in [0.15, 0.2) is 5.13 Å². The molecule has 0 aliphatic rings. The minimum Gasteiger partial charge on any atom is -0.508 e. The Kier molecular flexibility index (Phi) is 4.31. The van der Waals surface area contributed by atoms with Crippen molar-refractivity contribution in [1.29, 1.82) is 0 Å². The van der Waals surface area contributed by atoms with E-state index in [1.54, 1.807) is 0 Å². The molecule has 1 aromatic carbocycles. The molecule has 1 heterocycles. The molecule has 1 unspecified atom stereocenters. The molecular weight excluding hydrogens is 281 g/mol. The number of carbonyl (C=O) groups excluding carboxylic acids is 1. The van der Waals surface area contributed by atoms with E-state index in [1.807, 2.05) is 19.4 Å². The van der Waals surface area contributed by atoms with Gasteiger partial charge < -0.3 is 10.4 Å². The largest absolute Gasteiger partial charge is 0.508 e. The molecule has 0 saturated carbocycles. The van der Waals surface area contributed by atoms with Crippen molar-refractivity contribution in [1.82, 2.24) is 10.3 Å². The third-order valence-electron chi connectivity index (χ3n) is 2.82. The van der Waals surface area contributed by atoms with Gasteiger partial charge in [0.2, 0.25) is 0 Å². The number of anilines is 1. The number of hydrogen-bond donors (Lipinski definition) is 3. The first-order valence-electron chi connectivity index (χ1n) is 5.94. The first kappa shape index (κ1) is 14.4. The number of nitrogens with one attached hydrogen (secondary N) is 2. The number of carbonyl (C=O) groups is 1. The summed E-state index contributed by atoms with van der Waals surface area (Å²) in [6, 6.07) is 3.45. The summed E-state index contributed by atoms with van der Waals surface area (Å²) in [5.41, 5.74) is 0.667. The maximum Gasteiger partial charge on any atom is 0.260 e. The van der Waals surface area contributed by atoms with Crippen LogP contribution in [-0.4, -0.2) is 23.0 Å². The SMILES string of the molecule is CNC(C)c1csc(NC(=O)c2ccc(O)cc2F)n1. The van der Waals surface area contributed by atoms with Crippen LogP contribution in [0.5, 0.6) is 5.75 Å². The minimum absolute atomic E-state index is 0.0716. The normalized spacial score (nSPS) is 12.2. The number of amides is 1. The molecule has 2 rings (SSSR count). The monoisotopic (exact) mass is 295 g/mol. The quantitative estimate of drug-likeness (QED) is 0.810. The van der Waals surface area contributed by atoms with Crippen LogP contribution in [0.4, 0.5) is 9.52 Å². The number of phenolic OH excluding ortho intramolecular Hbond substituents is 1. The highest BCUT2D eigenvalue weighted by atomic mass is 32.1. The minimum atomic E-state index is -0.775. The second-order valence-corrected chi connectivity index (χ2v) is 5.06. The lowest BCUT2D eigenvalue weighted by Crippen LogP contribution is -2.15. The molecule has 3 N–H and O–H groups in total. The standard InChI is InChI=1S/C13H14FN3O2S/c1-7(15-2)11-6-20-13(16-11)17-12(19)9-4-3-8(18)5-10(9)14/h3-7,15,18H,1-2H3,(H,16,17,19). The summed E-state index contributed by atoms with van der Waals surface area (Å²) in [7, 11) is 1.81. The molecule has 1 atom stereocenters. The van der Waals surface area contributed by atoms with Crippen molar-refractivity contribution in [2.24, 2.45) is 0 Å². The number of hydrogen-bond acceptors (Lipinski definition) is 5. The molecule has 7 heteroatoms. The fourth-order valence-corrected chi connectivity index (χ4v) is 2.34. The van der Waals surface area contributed by atoms with Gasteiger partial charge in [0, 0.05) is 17.5 Å². The number of phenols is 1. The van der Waals surface area contributed by atoms with E-state index in [2.05, 4.69) is 15.6 Å². The van der Waals surface area contributed by atoms with Gasteiger partial charge in [-0.15, -0.1) is 11.3 Å². The van der Waals surface area contributed by atoms with E-state index in [-0.39, 0.29) is 17.4 Å². The van der Waals surface area contributed by atoms with Crippen LogP contribution in [0.1, 0.15) is 29.0 Å². The van der Waals surface area contributed by atoms with Crippen molar-refractivity contribution in [3.8, 4) is 5.75 Å². The summed E-state index contributed by atoms with van der Waals surface area (Å²) in [6.07, 6.45) is 0. The van der Waals surface area contributed by atoms with Crippen molar-refractivity contribution in [2.75, 3.05) is 12.4 Å². The number of aromatic hydroxyl groups is 1. The Hall–Kier alpha value is -1.99. The third kappa shape index (κ3) is 3.12. The predicted molar refractivity (Wildman–Crippen MR) is 75.6 cm³/mol. The predicted octanol–water partition coefficient (Wildman–Crippen LogP) is 2.52. The van der Waals surface area contributed by atoms with Crippen LogP contribution in [0.25, 0.3) is 0 Å². The van der Waals surface area contributed by atoms with E-state index < -0.39 is 11.7 Å². The number of aromatic nitrogens is 1. The molecule has 20 heavy (non-hydrogen) atoms. The summed E-state index contributed by atoms with van der Waals surface area (Å²) < 4.78 is 13.5. The molecular formula is C13H14FN3O2S. The number of rotatable bonds is 4. The van der Waals surface area contributed by atoms with Gasteiger partial charge in [-0.25, -0.2) is 9.37 Å². The van der Waals surface area contributed by atoms with Gasteiger partial charge in [0.25, 0.3) is 5.91 Å². The highest BCUT2D eigenvalue weighted by Crippen LogP contribution is 2.22. The zero-order valence-corrected chi connectivity index (χ0v) is 11.8. The highest BCUT2D eigenvalue weighted by Gasteiger charge is 2.15. The fourth-order valence-electron chi connectivity index (χ4n) is 1.54. The first-order chi connectivity index (χ1) is 9.51. The zero-order chi connectivity index (χ0) is 14.7. The molecule has 0 saturated heterocycles. The molecule has 0 radical (unpaired) electrons. The summed E-state index contributed by atoms with van der Waals surface area (Å²) in [5.74, 6) is -1.60.